The van der Waals surface area contributed by atoms with Crippen molar-refractivity contribution in [3.05, 3.63) is 0 Å². The Morgan fingerprint density at radius 2 is 1.38 bits per heavy atom. The van der Waals surface area contributed by atoms with Gasteiger partial charge in [-0.2, -0.15) is 0 Å². The topological polar surface area (TPSA) is 352 Å². The van der Waals surface area contributed by atoms with E-state index in [9.17, 15) is 29.1 Å². The molecule has 0 radical (unpaired) electrons. The number of nitrogens with zero attached hydrogens (tertiary/aromatic N) is 3. The number of aliphatic imine (C=N–C) groups is 2. The third kappa shape index (κ3) is 16.2. The van der Waals surface area contributed by atoms with Crippen molar-refractivity contribution in [3.8, 4) is 0 Å². The van der Waals surface area contributed by atoms with Gasteiger partial charge in [0, 0.05) is 26.2 Å². The maximum absolute atomic E-state index is 13.2. The lowest BCUT2D eigenvalue weighted by Gasteiger charge is -2.28. The molecule has 47 heavy (non-hydrogen) atoms. The van der Waals surface area contributed by atoms with E-state index in [-0.39, 0.29) is 49.7 Å². The molecule has 1 fully saturated rings. The molecule has 1 aliphatic heterocycles. The first kappa shape index (κ1) is 40.8. The van der Waals surface area contributed by atoms with E-state index in [1.165, 1.54) is 4.90 Å². The number of hydrogen-bond donors (Lipinski definition) is 11. The van der Waals surface area contributed by atoms with Gasteiger partial charge in [0.25, 0.3) is 0 Å². The molecular formula is C28H55N13O6. The normalized spacial score (nSPS) is 16.7. The van der Waals surface area contributed by atoms with Gasteiger partial charge in [-0.25, -0.2) is 4.79 Å². The van der Waals surface area contributed by atoms with Gasteiger partial charge in [-0.15, -0.1) is 0 Å². The lowest BCUT2D eigenvalue weighted by atomic mass is 10.1. The minimum absolute atomic E-state index is 0.0242. The number of carbonyl (C=O) groups excluding carboxylic acids is 4. The summed E-state index contributed by atoms with van der Waals surface area (Å²) in [6.07, 6.45) is 4.76. The standard InChI is InChI=1S/C28H55N13O6/c29-12-11-19(23(43)40-20(26(46)47)9-5-15-38-28(34)35)39-24(44)21-10-6-16-41(21)25(45)18(31)8-2-3-13-36-22(42)17(30)7-1-4-14-37-27(32)33/h17-21H,1-16,29-31H2,(H,36,42)(H,39,44)(H,40,43)(H,46,47)(H4,32,33,37)(H4,34,35,38)/t17?,18-,19-,20-,21-/m0/s1. The summed E-state index contributed by atoms with van der Waals surface area (Å²) in [5.74, 6) is -3.26. The first-order valence-corrected chi connectivity index (χ1v) is 16.0. The second-order valence-corrected chi connectivity index (χ2v) is 11.5. The van der Waals surface area contributed by atoms with Gasteiger partial charge in [0.2, 0.25) is 23.6 Å². The molecule has 0 saturated carbocycles. The van der Waals surface area contributed by atoms with Gasteiger partial charge in [-0.3, -0.25) is 29.2 Å². The van der Waals surface area contributed by atoms with E-state index < -0.39 is 48.0 Å². The van der Waals surface area contributed by atoms with Crippen LogP contribution >= 0.6 is 0 Å². The van der Waals surface area contributed by atoms with Gasteiger partial charge in [-0.05, 0) is 77.2 Å². The van der Waals surface area contributed by atoms with E-state index in [1.54, 1.807) is 0 Å². The van der Waals surface area contributed by atoms with Crippen LogP contribution in [0.25, 0.3) is 0 Å². The molecule has 5 atom stereocenters. The van der Waals surface area contributed by atoms with Gasteiger partial charge in [0.1, 0.15) is 18.1 Å². The molecule has 1 unspecified atom stereocenters. The second kappa shape index (κ2) is 22.3. The average molecular weight is 670 g/mol. The molecule has 19 nitrogen and oxygen atoms in total. The molecule has 0 aliphatic carbocycles. The van der Waals surface area contributed by atoms with Crippen molar-refractivity contribution in [2.75, 3.05) is 32.7 Å². The summed E-state index contributed by atoms with van der Waals surface area (Å²) in [6.45, 7) is 1.42. The minimum atomic E-state index is -1.25. The first-order chi connectivity index (χ1) is 22.3. The second-order valence-electron chi connectivity index (χ2n) is 11.5. The summed E-state index contributed by atoms with van der Waals surface area (Å²) >= 11 is 0. The summed E-state index contributed by atoms with van der Waals surface area (Å²) < 4.78 is 0. The van der Waals surface area contributed by atoms with Crippen molar-refractivity contribution in [1.82, 2.24) is 20.9 Å². The van der Waals surface area contributed by atoms with Crippen molar-refractivity contribution in [2.45, 2.75) is 101 Å². The number of nitrogens with one attached hydrogen (secondary N) is 3. The number of likely N-dealkylation sites (tertiary alicyclic amines) is 1. The van der Waals surface area contributed by atoms with E-state index in [2.05, 4.69) is 25.9 Å². The number of carbonyl (C=O) groups is 5. The van der Waals surface area contributed by atoms with E-state index in [1.807, 2.05) is 0 Å². The molecule has 0 aromatic heterocycles. The Kier molecular flexibility index (Phi) is 19.4. The van der Waals surface area contributed by atoms with Crippen LogP contribution in [0.1, 0.15) is 70.6 Å². The highest BCUT2D eigenvalue weighted by Crippen LogP contribution is 2.20. The largest absolute Gasteiger partial charge is 0.480 e. The number of aliphatic carboxylic acids is 1. The number of carboxylic acid groups (broad SMARTS) is 1. The van der Waals surface area contributed by atoms with Crippen LogP contribution in [0.2, 0.25) is 0 Å². The SMILES string of the molecule is NCC[C@H](NC(=O)[C@@H]1CCCN1C(=O)[C@@H](N)CCCCNC(=O)C(N)CCCCN=C(N)N)C(=O)N[C@@H](CCCN=C(N)N)C(=O)O. The molecule has 268 valence electrons. The number of guanidine groups is 2. The van der Waals surface area contributed by atoms with Crippen LogP contribution in [-0.2, 0) is 24.0 Å². The molecule has 19 heteroatoms. The van der Waals surface area contributed by atoms with Crippen LogP contribution in [-0.4, -0.2) is 114 Å². The van der Waals surface area contributed by atoms with Crippen molar-refractivity contribution in [3.63, 3.8) is 0 Å². The van der Waals surface area contributed by atoms with Gasteiger partial charge in [0.05, 0.1) is 12.1 Å². The predicted octanol–water partition coefficient (Wildman–Crippen LogP) is -4.18. The molecule has 1 heterocycles. The van der Waals surface area contributed by atoms with Crippen LogP contribution in [0.5, 0.6) is 0 Å². The Balaban J connectivity index is 2.56. The molecule has 0 spiro atoms. The summed E-state index contributed by atoms with van der Waals surface area (Å²) in [4.78, 5) is 72.3. The average Bonchev–Trinajstić information content (AvgIpc) is 3.51. The zero-order valence-electron chi connectivity index (χ0n) is 27.1. The zero-order chi connectivity index (χ0) is 35.4. The maximum Gasteiger partial charge on any atom is 0.326 e. The van der Waals surface area contributed by atoms with E-state index in [0.29, 0.717) is 77.4 Å². The van der Waals surface area contributed by atoms with E-state index in [0.717, 1.165) is 0 Å². The van der Waals surface area contributed by atoms with Crippen LogP contribution < -0.4 is 56.1 Å². The summed E-state index contributed by atoms with van der Waals surface area (Å²) in [5.41, 5.74) is 38.9. The van der Waals surface area contributed by atoms with Crippen molar-refractivity contribution in [2.24, 2.45) is 50.1 Å². The van der Waals surface area contributed by atoms with Crippen molar-refractivity contribution in [1.29, 1.82) is 0 Å². The Hall–Kier alpha value is -4.23. The van der Waals surface area contributed by atoms with Crippen LogP contribution in [0.15, 0.2) is 9.98 Å². The molecular weight excluding hydrogens is 614 g/mol. The zero-order valence-corrected chi connectivity index (χ0v) is 27.1. The number of hydrogen-bond acceptors (Lipinski definition) is 10. The Bertz CT molecular complexity index is 1080. The third-order valence-electron chi connectivity index (χ3n) is 7.60. The monoisotopic (exact) mass is 669 g/mol. The number of amides is 4. The molecule has 0 aromatic carbocycles. The fraction of sp³-hybridized carbons (Fsp3) is 0.750. The molecule has 1 saturated heterocycles. The van der Waals surface area contributed by atoms with Gasteiger partial charge in [0.15, 0.2) is 11.9 Å². The molecule has 0 aromatic rings. The Morgan fingerprint density at radius 3 is 2.00 bits per heavy atom. The van der Waals surface area contributed by atoms with Crippen molar-refractivity contribution < 1.29 is 29.1 Å². The lowest BCUT2D eigenvalue weighted by Crippen LogP contribution is -2.57. The van der Waals surface area contributed by atoms with Crippen LogP contribution in [0.4, 0.5) is 0 Å². The molecule has 18 N–H and O–H groups in total. The van der Waals surface area contributed by atoms with Gasteiger partial charge >= 0.3 is 5.97 Å². The highest BCUT2D eigenvalue weighted by atomic mass is 16.4. The van der Waals surface area contributed by atoms with E-state index in [4.69, 9.17) is 40.1 Å². The summed E-state index contributed by atoms with van der Waals surface area (Å²) in [6, 6.07) is -4.67. The maximum atomic E-state index is 13.2. The molecule has 1 rings (SSSR count). The number of unbranched alkanes of at least 4 members (excludes halogenated alkanes) is 2. The van der Waals surface area contributed by atoms with E-state index >= 15 is 0 Å². The molecule has 4 amide bonds. The number of nitrogens with two attached hydrogens (primary N) is 7. The predicted molar refractivity (Wildman–Crippen MR) is 177 cm³/mol. The fourth-order valence-electron chi connectivity index (χ4n) is 5.02. The summed E-state index contributed by atoms with van der Waals surface area (Å²) in [5, 5.41) is 17.4. The highest BCUT2D eigenvalue weighted by Gasteiger charge is 2.37. The Morgan fingerprint density at radius 1 is 0.766 bits per heavy atom. The highest BCUT2D eigenvalue weighted by molar-refractivity contribution is 5.94. The van der Waals surface area contributed by atoms with Crippen LogP contribution in [0, 0.1) is 0 Å². The molecule has 1 aliphatic rings. The number of rotatable bonds is 23. The Labute approximate surface area is 275 Å². The molecule has 0 bridgehead atoms. The van der Waals surface area contributed by atoms with Crippen molar-refractivity contribution >= 4 is 41.5 Å². The minimum Gasteiger partial charge on any atom is -0.480 e. The smallest absolute Gasteiger partial charge is 0.326 e. The van der Waals surface area contributed by atoms with Gasteiger partial charge < -0.3 is 66.1 Å². The quantitative estimate of drug-likeness (QED) is 0.0280. The first-order valence-electron chi connectivity index (χ1n) is 16.0. The summed E-state index contributed by atoms with van der Waals surface area (Å²) in [7, 11) is 0. The lowest BCUT2D eigenvalue weighted by molar-refractivity contribution is -0.143. The van der Waals surface area contributed by atoms with Crippen LogP contribution in [0.3, 0.4) is 0 Å². The fourth-order valence-corrected chi connectivity index (χ4v) is 5.02. The third-order valence-corrected chi connectivity index (χ3v) is 7.60. The van der Waals surface area contributed by atoms with Gasteiger partial charge in [-0.1, -0.05) is 0 Å². The number of carboxylic acids is 1.